The third-order valence-electron chi connectivity index (χ3n) is 2.64. The molecule has 0 amide bonds. The van der Waals surface area contributed by atoms with Crippen molar-refractivity contribution in [3.05, 3.63) is 30.5 Å². The number of nitrogens with one attached hydrogen (secondary N) is 2. The molecule has 0 unspecified atom stereocenters. The van der Waals surface area contributed by atoms with Crippen LogP contribution in [0.25, 0.3) is 0 Å². The van der Waals surface area contributed by atoms with Crippen molar-refractivity contribution in [3.8, 4) is 0 Å². The van der Waals surface area contributed by atoms with Gasteiger partial charge in [0.25, 0.3) is 0 Å². The van der Waals surface area contributed by atoms with E-state index in [2.05, 4.69) is 25.2 Å². The Kier molecular flexibility index (Phi) is 5.23. The van der Waals surface area contributed by atoms with Crippen molar-refractivity contribution in [2.75, 3.05) is 18.4 Å². The quantitative estimate of drug-likeness (QED) is 0.742. The maximum Gasteiger partial charge on any atom is 0.242 e. The monoisotopic (exact) mass is 311 g/mol. The van der Waals surface area contributed by atoms with Crippen molar-refractivity contribution >= 4 is 15.8 Å². The standard InChI is InChI=1S/C12H17N5O3S/c1-2-6-13-11-4-3-10(8-14-11)21(18,19)17-7-5-12-15-9-16-20-12/h3-4,8-9,17H,2,5-7H2,1H3,(H,13,14). The van der Waals surface area contributed by atoms with Gasteiger partial charge < -0.3 is 9.84 Å². The van der Waals surface area contributed by atoms with Crippen LogP contribution in [0.2, 0.25) is 0 Å². The van der Waals surface area contributed by atoms with Gasteiger partial charge in [-0.2, -0.15) is 4.98 Å². The third kappa shape index (κ3) is 4.50. The summed E-state index contributed by atoms with van der Waals surface area (Å²) in [6.45, 7) is 3.01. The van der Waals surface area contributed by atoms with Gasteiger partial charge in [0.2, 0.25) is 15.9 Å². The molecule has 0 aliphatic heterocycles. The van der Waals surface area contributed by atoms with E-state index in [4.69, 9.17) is 4.52 Å². The summed E-state index contributed by atoms with van der Waals surface area (Å²) < 4.78 is 31.3. The number of nitrogens with zero attached hydrogens (tertiary/aromatic N) is 3. The highest BCUT2D eigenvalue weighted by molar-refractivity contribution is 7.89. The summed E-state index contributed by atoms with van der Waals surface area (Å²) in [5.74, 6) is 1.04. The van der Waals surface area contributed by atoms with E-state index in [1.54, 1.807) is 6.07 Å². The summed E-state index contributed by atoms with van der Waals surface area (Å²) >= 11 is 0. The Morgan fingerprint density at radius 2 is 2.10 bits per heavy atom. The average molecular weight is 311 g/mol. The molecule has 114 valence electrons. The molecule has 0 aromatic carbocycles. The van der Waals surface area contributed by atoms with E-state index in [0.717, 1.165) is 13.0 Å². The summed E-state index contributed by atoms with van der Waals surface area (Å²) in [5, 5.41) is 6.53. The number of anilines is 1. The van der Waals surface area contributed by atoms with Gasteiger partial charge in [0.15, 0.2) is 6.33 Å². The molecule has 0 atom stereocenters. The van der Waals surface area contributed by atoms with Gasteiger partial charge in [-0.05, 0) is 18.6 Å². The lowest BCUT2D eigenvalue weighted by molar-refractivity contribution is 0.377. The Labute approximate surface area is 123 Å². The van der Waals surface area contributed by atoms with Gasteiger partial charge in [0.1, 0.15) is 10.7 Å². The zero-order valence-corrected chi connectivity index (χ0v) is 12.4. The summed E-state index contributed by atoms with van der Waals surface area (Å²) in [6.07, 6.45) is 3.91. The Bertz CT molecular complexity index is 640. The van der Waals surface area contributed by atoms with Gasteiger partial charge in [0, 0.05) is 25.7 Å². The number of hydrogen-bond acceptors (Lipinski definition) is 7. The summed E-state index contributed by atoms with van der Waals surface area (Å²) in [5.41, 5.74) is 0. The van der Waals surface area contributed by atoms with Crippen LogP contribution in [0, 0.1) is 0 Å². The van der Waals surface area contributed by atoms with Gasteiger partial charge in [-0.15, -0.1) is 0 Å². The van der Waals surface area contributed by atoms with Gasteiger partial charge in [-0.25, -0.2) is 18.1 Å². The first-order valence-electron chi connectivity index (χ1n) is 6.57. The topological polar surface area (TPSA) is 110 Å². The van der Waals surface area contributed by atoms with Crippen molar-refractivity contribution in [1.29, 1.82) is 0 Å². The molecule has 0 saturated carbocycles. The molecule has 2 rings (SSSR count). The van der Waals surface area contributed by atoms with Gasteiger partial charge in [0.05, 0.1) is 0 Å². The minimum atomic E-state index is -3.58. The fourth-order valence-corrected chi connectivity index (χ4v) is 2.55. The van der Waals surface area contributed by atoms with E-state index in [1.807, 2.05) is 6.92 Å². The molecule has 9 heteroatoms. The Hall–Kier alpha value is -2.00. The molecule has 0 radical (unpaired) electrons. The largest absolute Gasteiger partial charge is 0.370 e. The first-order valence-corrected chi connectivity index (χ1v) is 8.05. The average Bonchev–Trinajstić information content (AvgIpc) is 2.98. The molecule has 8 nitrogen and oxygen atoms in total. The second kappa shape index (κ2) is 7.14. The van der Waals surface area contributed by atoms with Crippen molar-refractivity contribution in [1.82, 2.24) is 19.8 Å². The molecule has 0 fully saturated rings. The number of rotatable bonds is 8. The molecule has 0 aliphatic carbocycles. The maximum atomic E-state index is 12.0. The summed E-state index contributed by atoms with van der Waals surface area (Å²) in [7, 11) is -3.58. The highest BCUT2D eigenvalue weighted by atomic mass is 32.2. The zero-order valence-electron chi connectivity index (χ0n) is 11.6. The number of pyridine rings is 1. The number of aromatic nitrogens is 3. The van der Waals surface area contributed by atoms with E-state index in [9.17, 15) is 8.42 Å². The van der Waals surface area contributed by atoms with Gasteiger partial charge in [-0.3, -0.25) is 0 Å². The zero-order chi connectivity index (χ0) is 15.1. The van der Waals surface area contributed by atoms with Crippen LogP contribution in [-0.4, -0.2) is 36.6 Å². The smallest absolute Gasteiger partial charge is 0.242 e. The van der Waals surface area contributed by atoms with E-state index in [-0.39, 0.29) is 11.4 Å². The molecule has 2 aromatic rings. The Balaban J connectivity index is 1.92. The van der Waals surface area contributed by atoms with Crippen molar-refractivity contribution < 1.29 is 12.9 Å². The SMILES string of the molecule is CCCNc1ccc(S(=O)(=O)NCCc2ncno2)cn1. The predicted molar refractivity (Wildman–Crippen MR) is 76.2 cm³/mol. The summed E-state index contributed by atoms with van der Waals surface area (Å²) in [6, 6.07) is 3.16. The number of sulfonamides is 1. The van der Waals surface area contributed by atoms with E-state index >= 15 is 0 Å². The van der Waals surface area contributed by atoms with Crippen LogP contribution in [-0.2, 0) is 16.4 Å². The van der Waals surface area contributed by atoms with Crippen molar-refractivity contribution in [2.45, 2.75) is 24.7 Å². The Morgan fingerprint density at radius 3 is 2.71 bits per heavy atom. The van der Waals surface area contributed by atoms with Crippen LogP contribution < -0.4 is 10.0 Å². The molecular weight excluding hydrogens is 294 g/mol. The van der Waals surface area contributed by atoms with Gasteiger partial charge >= 0.3 is 0 Å². The second-order valence-electron chi connectivity index (χ2n) is 4.29. The van der Waals surface area contributed by atoms with Crippen LogP contribution in [0.1, 0.15) is 19.2 Å². The highest BCUT2D eigenvalue weighted by Crippen LogP contribution is 2.10. The molecule has 0 saturated heterocycles. The highest BCUT2D eigenvalue weighted by Gasteiger charge is 2.14. The first-order chi connectivity index (χ1) is 10.1. The molecule has 2 N–H and O–H groups in total. The van der Waals surface area contributed by atoms with Crippen LogP contribution >= 0.6 is 0 Å². The molecule has 2 aromatic heterocycles. The van der Waals surface area contributed by atoms with Gasteiger partial charge in [-0.1, -0.05) is 12.1 Å². The van der Waals surface area contributed by atoms with E-state index in [1.165, 1.54) is 18.6 Å². The minimum Gasteiger partial charge on any atom is -0.370 e. The van der Waals surface area contributed by atoms with Crippen LogP contribution in [0.15, 0.2) is 34.1 Å². The minimum absolute atomic E-state index is 0.120. The number of hydrogen-bond donors (Lipinski definition) is 2. The third-order valence-corrected chi connectivity index (χ3v) is 4.09. The van der Waals surface area contributed by atoms with Crippen LogP contribution in [0.4, 0.5) is 5.82 Å². The molecular formula is C12H17N5O3S. The van der Waals surface area contributed by atoms with E-state index < -0.39 is 10.0 Å². The van der Waals surface area contributed by atoms with Crippen molar-refractivity contribution in [3.63, 3.8) is 0 Å². The second-order valence-corrected chi connectivity index (χ2v) is 6.06. The molecule has 2 heterocycles. The fourth-order valence-electron chi connectivity index (χ4n) is 1.58. The predicted octanol–water partition coefficient (Wildman–Crippen LogP) is 0.807. The molecule has 0 spiro atoms. The fraction of sp³-hybridized carbons (Fsp3) is 0.417. The Morgan fingerprint density at radius 1 is 1.24 bits per heavy atom. The molecule has 21 heavy (non-hydrogen) atoms. The van der Waals surface area contributed by atoms with Crippen LogP contribution in [0.3, 0.4) is 0 Å². The lowest BCUT2D eigenvalue weighted by Crippen LogP contribution is -2.26. The maximum absolute atomic E-state index is 12.0. The first kappa shape index (κ1) is 15.4. The lowest BCUT2D eigenvalue weighted by Gasteiger charge is -2.07. The molecule has 0 bridgehead atoms. The normalized spacial score (nSPS) is 11.5. The molecule has 0 aliphatic rings. The van der Waals surface area contributed by atoms with Crippen molar-refractivity contribution in [2.24, 2.45) is 0 Å². The van der Waals surface area contributed by atoms with Crippen LogP contribution in [0.5, 0.6) is 0 Å². The summed E-state index contributed by atoms with van der Waals surface area (Å²) in [4.78, 5) is 8.01. The van der Waals surface area contributed by atoms with E-state index in [0.29, 0.717) is 18.1 Å². The lowest BCUT2D eigenvalue weighted by atomic mass is 10.4.